The number of carbonyl (C=O) groups excluding carboxylic acids is 1. The van der Waals surface area contributed by atoms with Crippen LogP contribution in [-0.2, 0) is 11.8 Å². The van der Waals surface area contributed by atoms with Crippen molar-refractivity contribution in [1.82, 2.24) is 20.2 Å². The van der Waals surface area contributed by atoms with Crippen LogP contribution in [0.25, 0.3) is 11.3 Å². The summed E-state index contributed by atoms with van der Waals surface area (Å²) in [5.74, 6) is 0.122. The van der Waals surface area contributed by atoms with Crippen molar-refractivity contribution in [2.24, 2.45) is 12.5 Å². The van der Waals surface area contributed by atoms with E-state index >= 15 is 0 Å². The quantitative estimate of drug-likeness (QED) is 0.148. The first-order valence-electron chi connectivity index (χ1n) is 14.5. The number of imidazole rings is 1. The van der Waals surface area contributed by atoms with Gasteiger partial charge in [-0.3, -0.25) is 4.79 Å². The zero-order valence-corrected chi connectivity index (χ0v) is 26.0. The summed E-state index contributed by atoms with van der Waals surface area (Å²) in [5.41, 5.74) is 1.33. The molecule has 2 amide bonds. The second kappa shape index (κ2) is 14.0. The molecule has 0 spiro atoms. The Morgan fingerprint density at radius 1 is 1.17 bits per heavy atom. The minimum Gasteiger partial charge on any atom is -0.465 e. The number of hydrogen-bond acceptors (Lipinski definition) is 5. The Hall–Kier alpha value is -3.01. The lowest BCUT2D eigenvalue weighted by atomic mass is 9.61. The molecule has 10 heteroatoms. The van der Waals surface area contributed by atoms with Crippen LogP contribution in [-0.4, -0.2) is 49.2 Å². The summed E-state index contributed by atoms with van der Waals surface area (Å²) in [6.07, 6.45) is 4.05. The fourth-order valence-corrected chi connectivity index (χ4v) is 7.29. The van der Waals surface area contributed by atoms with Gasteiger partial charge in [0.1, 0.15) is 0 Å². The van der Waals surface area contributed by atoms with E-state index in [0.717, 1.165) is 47.7 Å². The SMILES string of the molecule is CCCCC(CC1(CSc2ncc(-c3ccc(Cl)cc3)n2C)CCC1)(NC(=O)O)C(O)C(=O)N[C@H](C)c1ccccc1. The zero-order chi connectivity index (χ0) is 30.3. The van der Waals surface area contributed by atoms with E-state index in [1.54, 1.807) is 11.8 Å². The number of benzene rings is 2. The third-order valence-corrected chi connectivity index (χ3v) is 10.1. The normalized spacial score (nSPS) is 17.0. The average molecular weight is 613 g/mol. The molecule has 1 aliphatic rings. The van der Waals surface area contributed by atoms with Crippen LogP contribution < -0.4 is 10.6 Å². The van der Waals surface area contributed by atoms with Gasteiger partial charge in [-0.1, -0.05) is 92.0 Å². The van der Waals surface area contributed by atoms with Crippen molar-refractivity contribution in [3.63, 3.8) is 0 Å². The first kappa shape index (κ1) is 31.9. The monoisotopic (exact) mass is 612 g/mol. The van der Waals surface area contributed by atoms with Crippen molar-refractivity contribution in [2.45, 2.75) is 81.6 Å². The van der Waals surface area contributed by atoms with Crippen LogP contribution >= 0.6 is 23.4 Å². The van der Waals surface area contributed by atoms with Gasteiger partial charge in [-0.05, 0) is 61.3 Å². The second-order valence-corrected chi connectivity index (χ2v) is 12.9. The number of amides is 2. The summed E-state index contributed by atoms with van der Waals surface area (Å²) in [4.78, 5) is 30.3. The highest BCUT2D eigenvalue weighted by molar-refractivity contribution is 7.99. The maximum absolute atomic E-state index is 13.5. The number of aliphatic hydroxyl groups excluding tert-OH is 1. The molecule has 226 valence electrons. The van der Waals surface area contributed by atoms with Crippen LogP contribution in [0.15, 0.2) is 66.0 Å². The molecule has 4 rings (SSSR count). The molecule has 1 aromatic heterocycles. The molecule has 0 saturated heterocycles. The van der Waals surface area contributed by atoms with Crippen molar-refractivity contribution in [3.05, 3.63) is 71.4 Å². The number of aliphatic hydroxyl groups is 1. The van der Waals surface area contributed by atoms with Gasteiger partial charge < -0.3 is 25.4 Å². The van der Waals surface area contributed by atoms with Crippen molar-refractivity contribution >= 4 is 35.4 Å². The van der Waals surface area contributed by atoms with Crippen molar-refractivity contribution in [2.75, 3.05) is 5.75 Å². The summed E-state index contributed by atoms with van der Waals surface area (Å²) in [7, 11) is 1.98. The fourth-order valence-electron chi connectivity index (χ4n) is 5.92. The van der Waals surface area contributed by atoms with Crippen LogP contribution in [0.5, 0.6) is 0 Å². The summed E-state index contributed by atoms with van der Waals surface area (Å²) in [5, 5.41) is 28.6. The molecule has 1 heterocycles. The van der Waals surface area contributed by atoms with Crippen LogP contribution in [0.3, 0.4) is 0 Å². The van der Waals surface area contributed by atoms with Gasteiger partial charge in [0.2, 0.25) is 0 Å². The highest BCUT2D eigenvalue weighted by Gasteiger charge is 2.51. The first-order chi connectivity index (χ1) is 20.1. The standard InChI is InChI=1S/C32H41ClN4O4S/c1-4-5-18-32(36-30(40)41,27(38)28(39)35-22(2)23-10-7-6-8-11-23)20-31(16-9-17-31)21-42-29-34-19-26(37(29)3)24-12-14-25(33)15-13-24/h6-8,10-15,19,22,27,36,38H,4-5,9,16-18,20-21H2,1-3H3,(H,35,39)(H,40,41)/t22-,27?,32?/m1/s1. The molecule has 3 aromatic rings. The molecular weight excluding hydrogens is 572 g/mol. The lowest BCUT2D eigenvalue weighted by Gasteiger charge is -2.50. The number of nitrogens with one attached hydrogen (secondary N) is 2. The number of hydrogen-bond donors (Lipinski definition) is 4. The molecule has 1 saturated carbocycles. The number of carbonyl (C=O) groups is 2. The van der Waals surface area contributed by atoms with Gasteiger partial charge in [-0.15, -0.1) is 0 Å². The lowest BCUT2D eigenvalue weighted by molar-refractivity contribution is -0.136. The minimum atomic E-state index is -1.54. The molecule has 1 fully saturated rings. The van der Waals surface area contributed by atoms with Crippen LogP contribution in [0.2, 0.25) is 5.02 Å². The number of halogens is 1. The molecule has 2 unspecified atom stereocenters. The Morgan fingerprint density at radius 3 is 2.45 bits per heavy atom. The number of unbranched alkanes of at least 4 members (excludes halogenated alkanes) is 1. The highest BCUT2D eigenvalue weighted by Crippen LogP contribution is 2.51. The summed E-state index contributed by atoms with van der Waals surface area (Å²) < 4.78 is 2.05. The number of nitrogens with zero attached hydrogens (tertiary/aromatic N) is 2. The van der Waals surface area contributed by atoms with E-state index in [9.17, 15) is 19.8 Å². The van der Waals surface area contributed by atoms with E-state index in [1.807, 2.05) is 86.3 Å². The molecule has 0 aliphatic heterocycles. The molecule has 0 radical (unpaired) electrons. The van der Waals surface area contributed by atoms with Crippen molar-refractivity contribution in [1.29, 1.82) is 0 Å². The van der Waals surface area contributed by atoms with Crippen molar-refractivity contribution < 1.29 is 19.8 Å². The van der Waals surface area contributed by atoms with Gasteiger partial charge in [0.15, 0.2) is 11.3 Å². The molecule has 42 heavy (non-hydrogen) atoms. The highest BCUT2D eigenvalue weighted by atomic mass is 35.5. The average Bonchev–Trinajstić information content (AvgIpc) is 3.33. The Balaban J connectivity index is 1.55. The fraction of sp³-hybridized carbons (Fsp3) is 0.469. The van der Waals surface area contributed by atoms with Gasteiger partial charge in [-0.25, -0.2) is 9.78 Å². The minimum absolute atomic E-state index is 0.250. The predicted molar refractivity (Wildman–Crippen MR) is 168 cm³/mol. The number of aromatic nitrogens is 2. The Morgan fingerprint density at radius 2 is 1.86 bits per heavy atom. The van der Waals surface area contributed by atoms with Crippen LogP contribution in [0, 0.1) is 5.41 Å². The molecule has 0 bridgehead atoms. The first-order valence-corrected chi connectivity index (χ1v) is 15.9. The Bertz CT molecular complexity index is 1350. The van der Waals surface area contributed by atoms with Gasteiger partial charge in [0.05, 0.1) is 23.5 Å². The Kier molecular flexibility index (Phi) is 10.6. The second-order valence-electron chi connectivity index (χ2n) is 11.5. The van der Waals surface area contributed by atoms with Crippen LogP contribution in [0.1, 0.15) is 70.4 Å². The summed E-state index contributed by atoms with van der Waals surface area (Å²) in [6.45, 7) is 3.87. The van der Waals surface area contributed by atoms with Gasteiger partial charge >= 0.3 is 6.09 Å². The van der Waals surface area contributed by atoms with E-state index in [0.29, 0.717) is 30.0 Å². The summed E-state index contributed by atoms with van der Waals surface area (Å²) >= 11 is 7.69. The molecular formula is C32H41ClN4O4S. The maximum Gasteiger partial charge on any atom is 0.405 e. The van der Waals surface area contributed by atoms with Crippen molar-refractivity contribution in [3.8, 4) is 11.3 Å². The number of carboxylic acid groups (broad SMARTS) is 1. The molecule has 3 atom stereocenters. The molecule has 4 N–H and O–H groups in total. The molecule has 1 aliphatic carbocycles. The van der Waals surface area contributed by atoms with Gasteiger partial charge in [0.25, 0.3) is 5.91 Å². The van der Waals surface area contributed by atoms with Gasteiger partial charge in [0, 0.05) is 17.8 Å². The van der Waals surface area contributed by atoms with E-state index < -0.39 is 23.6 Å². The van der Waals surface area contributed by atoms with Crippen LogP contribution in [0.4, 0.5) is 4.79 Å². The number of thioether (sulfide) groups is 1. The number of rotatable bonds is 14. The maximum atomic E-state index is 13.5. The largest absolute Gasteiger partial charge is 0.465 e. The topological polar surface area (TPSA) is 116 Å². The smallest absolute Gasteiger partial charge is 0.405 e. The van der Waals surface area contributed by atoms with E-state index in [1.165, 1.54) is 0 Å². The lowest BCUT2D eigenvalue weighted by Crippen LogP contribution is -2.64. The Labute approximate surface area is 257 Å². The third-order valence-electron chi connectivity index (χ3n) is 8.46. The molecule has 2 aromatic carbocycles. The molecule has 8 nitrogen and oxygen atoms in total. The summed E-state index contributed by atoms with van der Waals surface area (Å²) in [6, 6.07) is 16.8. The third kappa shape index (κ3) is 7.49. The zero-order valence-electron chi connectivity index (χ0n) is 24.5. The van der Waals surface area contributed by atoms with E-state index in [2.05, 4.69) is 15.6 Å². The van der Waals surface area contributed by atoms with E-state index in [4.69, 9.17) is 11.6 Å². The van der Waals surface area contributed by atoms with Gasteiger partial charge in [-0.2, -0.15) is 0 Å². The predicted octanol–water partition coefficient (Wildman–Crippen LogP) is 6.83. The van der Waals surface area contributed by atoms with E-state index in [-0.39, 0.29) is 11.5 Å².